The summed E-state index contributed by atoms with van der Waals surface area (Å²) in [5.74, 6) is 0.413. The van der Waals surface area contributed by atoms with Crippen LogP contribution in [0.1, 0.15) is 58.5 Å². The van der Waals surface area contributed by atoms with E-state index in [-0.39, 0.29) is 41.7 Å². The van der Waals surface area contributed by atoms with Gasteiger partial charge < -0.3 is 25.0 Å². The van der Waals surface area contributed by atoms with Crippen LogP contribution >= 0.6 is 0 Å². The second kappa shape index (κ2) is 8.59. The van der Waals surface area contributed by atoms with E-state index in [0.717, 1.165) is 11.1 Å². The van der Waals surface area contributed by atoms with Crippen LogP contribution in [0.3, 0.4) is 0 Å². The van der Waals surface area contributed by atoms with Gasteiger partial charge in [-0.1, -0.05) is 30.3 Å². The third-order valence-corrected chi connectivity index (χ3v) is 6.97. The fourth-order valence-corrected chi connectivity index (χ4v) is 5.17. The van der Waals surface area contributed by atoms with Crippen LogP contribution in [0.2, 0.25) is 0 Å². The maximum absolute atomic E-state index is 13.2. The van der Waals surface area contributed by atoms with Crippen molar-refractivity contribution in [2.75, 3.05) is 26.7 Å². The Labute approximate surface area is 205 Å². The zero-order chi connectivity index (χ0) is 24.9. The Morgan fingerprint density at radius 2 is 1.71 bits per heavy atom. The van der Waals surface area contributed by atoms with Crippen LogP contribution in [-0.4, -0.2) is 61.2 Å². The van der Waals surface area contributed by atoms with Crippen LogP contribution < -0.4 is 15.4 Å². The van der Waals surface area contributed by atoms with Gasteiger partial charge in [-0.05, 0) is 38.5 Å². The number of nitrogens with zero attached hydrogens (tertiary/aromatic N) is 1. The normalized spacial score (nSPS) is 24.2. The number of fused-ring (bicyclic) bond motifs is 2. The van der Waals surface area contributed by atoms with Crippen LogP contribution in [-0.2, 0) is 4.74 Å². The first-order valence-electron chi connectivity index (χ1n) is 12.0. The second-order valence-electron chi connectivity index (χ2n) is 10.5. The average molecular weight is 478 g/mol. The standard InChI is InChI=1S/C27H31N3O5/c1-27(2,3)35-26(33)30-12-19-20(13-30)22(19)29-24(31)16-10-17-21(15-8-6-5-7-9-15)14-34-23(17)18(11-16)25(32)28-4/h5-11,19-22H,12-14H2,1-4H3,(H,28,32)(H,29,31)/t19-,20+,21?,22?. The van der Waals surface area contributed by atoms with Crippen molar-refractivity contribution >= 4 is 17.9 Å². The number of hydrogen-bond acceptors (Lipinski definition) is 5. The zero-order valence-electron chi connectivity index (χ0n) is 20.5. The molecule has 2 aromatic rings. The Morgan fingerprint density at radius 1 is 1.03 bits per heavy atom. The van der Waals surface area contributed by atoms with Crippen LogP contribution in [0.4, 0.5) is 4.79 Å². The Hall–Kier alpha value is -3.55. The highest BCUT2D eigenvalue weighted by Gasteiger charge is 2.58. The maximum Gasteiger partial charge on any atom is 0.410 e. The van der Waals surface area contributed by atoms with E-state index in [1.165, 1.54) is 0 Å². The first-order valence-corrected chi connectivity index (χ1v) is 12.0. The van der Waals surface area contributed by atoms with Crippen LogP contribution in [0, 0.1) is 11.8 Å². The average Bonchev–Trinajstić information content (AvgIpc) is 3.18. The second-order valence-corrected chi connectivity index (χ2v) is 10.5. The molecule has 8 heteroatoms. The Morgan fingerprint density at radius 3 is 2.34 bits per heavy atom. The van der Waals surface area contributed by atoms with E-state index in [1.807, 2.05) is 57.2 Å². The monoisotopic (exact) mass is 477 g/mol. The molecule has 2 fully saturated rings. The number of likely N-dealkylation sites (tertiary alicyclic amines) is 1. The largest absolute Gasteiger partial charge is 0.491 e. The summed E-state index contributed by atoms with van der Waals surface area (Å²) < 4.78 is 11.4. The minimum atomic E-state index is -0.533. The number of amides is 3. The number of piperidine rings is 1. The summed E-state index contributed by atoms with van der Waals surface area (Å²) in [4.78, 5) is 39.9. The lowest BCUT2D eigenvalue weighted by molar-refractivity contribution is 0.0269. The third kappa shape index (κ3) is 4.45. The van der Waals surface area contributed by atoms with Crippen molar-refractivity contribution in [3.05, 3.63) is 64.7 Å². The molecule has 2 aliphatic heterocycles. The summed E-state index contributed by atoms with van der Waals surface area (Å²) in [6.45, 7) is 7.11. The molecule has 2 heterocycles. The van der Waals surface area contributed by atoms with Crippen molar-refractivity contribution < 1.29 is 23.9 Å². The van der Waals surface area contributed by atoms with Gasteiger partial charge in [-0.3, -0.25) is 9.59 Å². The molecule has 0 aromatic heterocycles. The number of hydrogen-bond donors (Lipinski definition) is 2. The summed E-state index contributed by atoms with van der Waals surface area (Å²) in [5, 5.41) is 5.77. The van der Waals surface area contributed by atoms with Gasteiger partial charge in [0.1, 0.15) is 11.4 Å². The molecule has 3 amide bonds. The molecule has 2 aromatic carbocycles. The smallest absolute Gasteiger partial charge is 0.410 e. The van der Waals surface area contributed by atoms with E-state index in [9.17, 15) is 14.4 Å². The SMILES string of the molecule is CNC(=O)c1cc(C(=O)NC2[C@H]3CN(C(=O)OC(C)(C)C)C[C@@H]23)cc2c1OCC2c1ccccc1. The molecule has 5 rings (SSSR count). The first kappa shape index (κ1) is 23.2. The fraction of sp³-hybridized carbons (Fsp3) is 0.444. The van der Waals surface area contributed by atoms with E-state index in [2.05, 4.69) is 10.6 Å². The molecule has 0 bridgehead atoms. The number of rotatable bonds is 4. The molecular weight excluding hydrogens is 446 g/mol. The van der Waals surface area contributed by atoms with Gasteiger partial charge in [0.2, 0.25) is 0 Å². The summed E-state index contributed by atoms with van der Waals surface area (Å²) in [6, 6.07) is 13.4. The van der Waals surface area contributed by atoms with Crippen molar-refractivity contribution in [1.29, 1.82) is 0 Å². The summed E-state index contributed by atoms with van der Waals surface area (Å²) in [7, 11) is 1.56. The van der Waals surface area contributed by atoms with E-state index in [1.54, 1.807) is 18.0 Å². The fourth-order valence-electron chi connectivity index (χ4n) is 5.17. The highest BCUT2D eigenvalue weighted by atomic mass is 16.6. The molecule has 1 saturated carbocycles. The number of carbonyl (C=O) groups is 3. The highest BCUT2D eigenvalue weighted by molar-refractivity contribution is 6.02. The van der Waals surface area contributed by atoms with E-state index < -0.39 is 5.60 Å². The third-order valence-electron chi connectivity index (χ3n) is 6.97. The molecule has 4 atom stereocenters. The summed E-state index contributed by atoms with van der Waals surface area (Å²) >= 11 is 0. The number of ether oxygens (including phenoxy) is 2. The van der Waals surface area contributed by atoms with Gasteiger partial charge in [0.25, 0.3) is 11.8 Å². The summed E-state index contributed by atoms with van der Waals surface area (Å²) in [5.41, 5.74) is 2.18. The molecule has 2 unspecified atom stereocenters. The first-order chi connectivity index (χ1) is 16.7. The van der Waals surface area contributed by atoms with Crippen LogP contribution in [0.5, 0.6) is 5.75 Å². The van der Waals surface area contributed by atoms with Gasteiger partial charge in [0.05, 0.1) is 12.2 Å². The van der Waals surface area contributed by atoms with Crippen molar-refractivity contribution in [2.24, 2.45) is 11.8 Å². The molecule has 184 valence electrons. The maximum atomic E-state index is 13.2. The molecule has 1 saturated heterocycles. The minimum Gasteiger partial charge on any atom is -0.491 e. The van der Waals surface area contributed by atoms with Crippen molar-refractivity contribution in [3.8, 4) is 5.75 Å². The Bertz CT molecular complexity index is 1160. The molecule has 0 radical (unpaired) electrons. The zero-order valence-corrected chi connectivity index (χ0v) is 20.5. The number of benzene rings is 2. The van der Waals surface area contributed by atoms with E-state index in [0.29, 0.717) is 36.6 Å². The van der Waals surface area contributed by atoms with Gasteiger partial charge >= 0.3 is 6.09 Å². The molecule has 0 spiro atoms. The molecule has 1 aliphatic carbocycles. The van der Waals surface area contributed by atoms with Gasteiger partial charge in [0, 0.05) is 55.1 Å². The number of nitrogens with one attached hydrogen (secondary N) is 2. The van der Waals surface area contributed by atoms with Crippen molar-refractivity contribution in [3.63, 3.8) is 0 Å². The molecule has 3 aliphatic rings. The predicted molar refractivity (Wildman–Crippen MR) is 130 cm³/mol. The lowest BCUT2D eigenvalue weighted by Crippen LogP contribution is -2.40. The van der Waals surface area contributed by atoms with Gasteiger partial charge in [0.15, 0.2) is 0 Å². The lowest BCUT2D eigenvalue weighted by Gasteiger charge is -2.26. The molecule has 2 N–H and O–H groups in total. The Kier molecular flexibility index (Phi) is 5.69. The van der Waals surface area contributed by atoms with E-state index in [4.69, 9.17) is 9.47 Å². The summed E-state index contributed by atoms with van der Waals surface area (Å²) in [6.07, 6.45) is -0.310. The highest BCUT2D eigenvalue weighted by Crippen LogP contribution is 2.46. The molecule has 8 nitrogen and oxygen atoms in total. The molecular formula is C27H31N3O5. The van der Waals surface area contributed by atoms with Gasteiger partial charge in [-0.2, -0.15) is 0 Å². The molecule has 35 heavy (non-hydrogen) atoms. The van der Waals surface area contributed by atoms with Gasteiger partial charge in [-0.25, -0.2) is 4.79 Å². The van der Waals surface area contributed by atoms with Crippen molar-refractivity contribution in [1.82, 2.24) is 15.5 Å². The van der Waals surface area contributed by atoms with Crippen LogP contribution in [0.15, 0.2) is 42.5 Å². The van der Waals surface area contributed by atoms with Crippen molar-refractivity contribution in [2.45, 2.75) is 38.3 Å². The quantitative estimate of drug-likeness (QED) is 0.705. The topological polar surface area (TPSA) is 97.0 Å². The predicted octanol–water partition coefficient (Wildman–Crippen LogP) is 3.17. The minimum absolute atomic E-state index is 0.0130. The lowest BCUT2D eigenvalue weighted by atomic mass is 9.90. The Balaban J connectivity index is 1.32. The van der Waals surface area contributed by atoms with E-state index >= 15 is 0 Å². The number of carbonyl (C=O) groups excluding carboxylic acids is 3. The van der Waals surface area contributed by atoms with Crippen LogP contribution in [0.25, 0.3) is 0 Å². The van der Waals surface area contributed by atoms with Gasteiger partial charge in [-0.15, -0.1) is 0 Å².